The summed E-state index contributed by atoms with van der Waals surface area (Å²) in [6, 6.07) is 0. The maximum atomic E-state index is 11.3. The molecule has 2 rings (SSSR count). The molecule has 0 aromatic carbocycles. The van der Waals surface area contributed by atoms with E-state index in [0.29, 0.717) is 11.5 Å². The van der Waals surface area contributed by atoms with Gasteiger partial charge in [0.15, 0.2) is 11.5 Å². The third-order valence-corrected chi connectivity index (χ3v) is 3.24. The first kappa shape index (κ1) is 7.65. The molecule has 7 heteroatoms. The number of H-pyrrole nitrogens is 1. The lowest BCUT2D eigenvalue weighted by Crippen LogP contribution is -2.17. The van der Waals surface area contributed by atoms with Crippen LogP contribution in [-0.2, 0) is 0 Å². The number of halogens is 1. The molecule has 1 aliphatic heterocycles. The lowest BCUT2D eigenvalue weighted by Gasteiger charge is -2.04. The Balaban J connectivity index is 2.75. The van der Waals surface area contributed by atoms with Crippen molar-refractivity contribution >= 4 is 38.8 Å². The first-order valence-electron chi connectivity index (χ1n) is 3.17. The molecule has 12 heavy (non-hydrogen) atoms. The standard InChI is InChI=1S/C5H6IN5O/c1-11-2-3(10-6-11)8-5(7)9-4(2)12/h1H3,(H3,7,8,9,12). The van der Waals surface area contributed by atoms with Crippen molar-refractivity contribution in [1.82, 2.24) is 9.97 Å². The highest BCUT2D eigenvalue weighted by molar-refractivity contribution is 14.2. The Morgan fingerprint density at radius 3 is 3.17 bits per heavy atom. The van der Waals surface area contributed by atoms with Crippen LogP contribution in [0.5, 0.6) is 0 Å². The van der Waals surface area contributed by atoms with Crippen LogP contribution in [0.4, 0.5) is 17.5 Å². The Kier molecular flexibility index (Phi) is 1.60. The number of nitrogens with zero attached hydrogens (tertiary/aromatic N) is 3. The molecule has 2 heterocycles. The van der Waals surface area contributed by atoms with Crippen molar-refractivity contribution in [3.63, 3.8) is 0 Å². The Hall–Kier alpha value is -0.990. The SMILES string of the molecule is CN1I=Nc2nc(N)[nH]c(=O)c21. The van der Waals surface area contributed by atoms with Crippen molar-refractivity contribution < 1.29 is 0 Å². The highest BCUT2D eigenvalue weighted by atomic mass is 127. The number of nitrogens with two attached hydrogens (primary N) is 1. The van der Waals surface area contributed by atoms with Gasteiger partial charge in [-0.25, -0.2) is 0 Å². The second-order valence-electron chi connectivity index (χ2n) is 2.26. The molecule has 0 aliphatic carbocycles. The minimum Gasteiger partial charge on any atom is -0.369 e. The van der Waals surface area contributed by atoms with Crippen LogP contribution >= 0.6 is 21.3 Å². The zero-order valence-corrected chi connectivity index (χ0v) is 8.36. The topological polar surface area (TPSA) is 87.4 Å². The van der Waals surface area contributed by atoms with Crippen molar-refractivity contribution in [2.24, 2.45) is 3.15 Å². The summed E-state index contributed by atoms with van der Waals surface area (Å²) in [6.45, 7) is 0. The molecular weight excluding hydrogens is 273 g/mol. The second kappa shape index (κ2) is 2.51. The van der Waals surface area contributed by atoms with Gasteiger partial charge in [0.2, 0.25) is 5.95 Å². The summed E-state index contributed by atoms with van der Waals surface area (Å²) < 4.78 is 5.96. The van der Waals surface area contributed by atoms with Crippen LogP contribution in [-0.4, -0.2) is 17.0 Å². The monoisotopic (exact) mass is 279 g/mol. The number of nitrogens with one attached hydrogen (secondary N) is 1. The Labute approximate surface area is 78.3 Å². The number of rotatable bonds is 0. The van der Waals surface area contributed by atoms with E-state index in [1.54, 1.807) is 0 Å². The first-order chi connectivity index (χ1) is 5.68. The van der Waals surface area contributed by atoms with Gasteiger partial charge < -0.3 is 8.85 Å². The van der Waals surface area contributed by atoms with Crippen LogP contribution in [0.3, 0.4) is 0 Å². The van der Waals surface area contributed by atoms with Crippen molar-refractivity contribution in [1.29, 1.82) is 0 Å². The highest BCUT2D eigenvalue weighted by Crippen LogP contribution is 2.36. The maximum Gasteiger partial charge on any atom is 0.278 e. The quantitative estimate of drug-likeness (QED) is 0.535. The van der Waals surface area contributed by atoms with Crippen LogP contribution in [0, 0.1) is 0 Å². The van der Waals surface area contributed by atoms with E-state index < -0.39 is 21.3 Å². The van der Waals surface area contributed by atoms with Gasteiger partial charge in [-0.3, -0.25) is 9.78 Å². The number of aromatic nitrogens is 2. The van der Waals surface area contributed by atoms with Crippen LogP contribution in [0.1, 0.15) is 0 Å². The van der Waals surface area contributed by atoms with Gasteiger partial charge in [0.1, 0.15) is 21.3 Å². The second-order valence-corrected chi connectivity index (χ2v) is 4.62. The smallest absolute Gasteiger partial charge is 0.278 e. The normalized spacial score (nSPS) is 14.2. The number of hydrogen-bond acceptors (Lipinski definition) is 5. The third kappa shape index (κ3) is 1.00. The van der Waals surface area contributed by atoms with E-state index in [1.165, 1.54) is 0 Å². The van der Waals surface area contributed by atoms with Crippen molar-refractivity contribution in [2.45, 2.75) is 0 Å². The fourth-order valence-electron chi connectivity index (χ4n) is 0.939. The highest BCUT2D eigenvalue weighted by Gasteiger charge is 2.18. The van der Waals surface area contributed by atoms with Gasteiger partial charge in [0.25, 0.3) is 5.56 Å². The van der Waals surface area contributed by atoms with Gasteiger partial charge >= 0.3 is 0 Å². The van der Waals surface area contributed by atoms with Gasteiger partial charge in [0, 0.05) is 7.05 Å². The molecule has 0 saturated carbocycles. The fraction of sp³-hybridized carbons (Fsp3) is 0.200. The molecule has 0 bridgehead atoms. The third-order valence-electron chi connectivity index (χ3n) is 1.43. The molecular formula is C5H6IN5O. The van der Waals surface area contributed by atoms with E-state index in [1.807, 2.05) is 10.2 Å². The molecule has 1 aliphatic rings. The molecule has 0 radical (unpaired) electrons. The van der Waals surface area contributed by atoms with E-state index in [-0.39, 0.29) is 11.5 Å². The summed E-state index contributed by atoms with van der Waals surface area (Å²) >= 11 is -0.460. The molecule has 0 amide bonds. The Morgan fingerprint density at radius 2 is 2.42 bits per heavy atom. The summed E-state index contributed by atoms with van der Waals surface area (Å²) in [7, 11) is 1.83. The molecule has 6 nitrogen and oxygen atoms in total. The fourth-order valence-corrected chi connectivity index (χ4v) is 2.45. The van der Waals surface area contributed by atoms with E-state index in [4.69, 9.17) is 5.73 Å². The zero-order valence-electron chi connectivity index (χ0n) is 6.21. The number of anilines is 2. The molecule has 0 atom stereocenters. The van der Waals surface area contributed by atoms with Gasteiger partial charge in [-0.15, -0.1) is 0 Å². The minimum atomic E-state index is -0.460. The van der Waals surface area contributed by atoms with Crippen molar-refractivity contribution in [3.8, 4) is 0 Å². The average molecular weight is 279 g/mol. The number of hydrogen-bond donors (Lipinski definition) is 2. The maximum absolute atomic E-state index is 11.3. The predicted octanol–water partition coefficient (Wildman–Crippen LogP) is 0.503. The molecule has 0 fully saturated rings. The summed E-state index contributed by atoms with van der Waals surface area (Å²) in [4.78, 5) is 17.6. The Morgan fingerprint density at radius 1 is 1.67 bits per heavy atom. The van der Waals surface area contributed by atoms with Gasteiger partial charge in [0.05, 0.1) is 0 Å². The van der Waals surface area contributed by atoms with Crippen molar-refractivity contribution in [3.05, 3.63) is 10.4 Å². The largest absolute Gasteiger partial charge is 0.369 e. The van der Waals surface area contributed by atoms with Crippen LogP contribution < -0.4 is 14.4 Å². The zero-order chi connectivity index (χ0) is 8.72. The predicted molar refractivity (Wildman–Crippen MR) is 53.8 cm³/mol. The molecule has 0 spiro atoms. The van der Waals surface area contributed by atoms with E-state index in [9.17, 15) is 4.79 Å². The van der Waals surface area contributed by atoms with E-state index >= 15 is 0 Å². The number of aromatic amines is 1. The summed E-state index contributed by atoms with van der Waals surface area (Å²) in [6.07, 6.45) is 0. The molecule has 0 saturated heterocycles. The number of fused-ring (bicyclic) bond motifs is 1. The molecule has 0 unspecified atom stereocenters. The first-order valence-corrected chi connectivity index (χ1v) is 5.10. The van der Waals surface area contributed by atoms with Crippen LogP contribution in [0.25, 0.3) is 0 Å². The van der Waals surface area contributed by atoms with E-state index in [2.05, 4.69) is 13.1 Å². The summed E-state index contributed by atoms with van der Waals surface area (Å²) in [5.41, 5.74) is 5.68. The van der Waals surface area contributed by atoms with Gasteiger partial charge in [-0.1, -0.05) is 0 Å². The van der Waals surface area contributed by atoms with Crippen LogP contribution in [0.15, 0.2) is 7.94 Å². The average Bonchev–Trinajstić information content (AvgIpc) is 2.31. The molecule has 1 aromatic rings. The van der Waals surface area contributed by atoms with Crippen molar-refractivity contribution in [2.75, 3.05) is 15.9 Å². The number of nitrogen functional groups attached to an aromatic ring is 1. The lowest BCUT2D eigenvalue weighted by atomic mass is 10.5. The Bertz CT molecular complexity index is 411. The van der Waals surface area contributed by atoms with E-state index in [0.717, 1.165) is 0 Å². The molecule has 3 N–H and O–H groups in total. The van der Waals surface area contributed by atoms with Crippen LogP contribution in [0.2, 0.25) is 0 Å². The minimum absolute atomic E-state index is 0.127. The summed E-state index contributed by atoms with van der Waals surface area (Å²) in [5, 5.41) is 0. The summed E-state index contributed by atoms with van der Waals surface area (Å²) in [5.74, 6) is 0.605. The lowest BCUT2D eigenvalue weighted by molar-refractivity contribution is 1.12. The molecule has 1 aromatic heterocycles. The molecule has 64 valence electrons. The van der Waals surface area contributed by atoms with Gasteiger partial charge in [-0.05, 0) is 0 Å². The van der Waals surface area contributed by atoms with Gasteiger partial charge in [-0.2, -0.15) is 8.13 Å².